The molecule has 0 fully saturated rings. The van der Waals surface area contributed by atoms with Crippen LogP contribution < -0.4 is 0 Å². The molecule has 0 aromatic rings. The van der Waals surface area contributed by atoms with E-state index in [-0.39, 0.29) is 23.8 Å². The van der Waals surface area contributed by atoms with Crippen LogP contribution in [-0.4, -0.2) is 70.3 Å². The molecule has 0 amide bonds. The number of aliphatic hydroxyl groups is 3. The van der Waals surface area contributed by atoms with Crippen molar-refractivity contribution in [3.8, 4) is 0 Å². The van der Waals surface area contributed by atoms with Crippen molar-refractivity contribution in [3.63, 3.8) is 0 Å². The molecule has 0 saturated heterocycles. The van der Waals surface area contributed by atoms with Crippen LogP contribution in [0.4, 0.5) is 0 Å². The first-order valence-corrected chi connectivity index (χ1v) is 6.63. The second kappa shape index (κ2) is 9.69. The number of aliphatic hydroxyl groups excluding tert-OH is 3. The third kappa shape index (κ3) is 10.9. The molecular weight excluding hydrogens is 234 g/mol. The lowest BCUT2D eigenvalue weighted by Gasteiger charge is -2.36. The smallest absolute Gasteiger partial charge is 0.0809 e. The molecule has 0 aromatic carbocycles. The second-order valence-electron chi connectivity index (χ2n) is 5.70. The Morgan fingerprint density at radius 3 is 1.11 bits per heavy atom. The summed E-state index contributed by atoms with van der Waals surface area (Å²) >= 11 is 0. The molecule has 0 saturated carbocycles. The Kier molecular flexibility index (Phi) is 10.8. The van der Waals surface area contributed by atoms with Crippen molar-refractivity contribution >= 4 is 0 Å². The van der Waals surface area contributed by atoms with E-state index in [4.69, 9.17) is 0 Å². The Hall–Kier alpha value is -0.200. The van der Waals surface area contributed by atoms with Gasteiger partial charge in [0.2, 0.25) is 0 Å². The van der Waals surface area contributed by atoms with Gasteiger partial charge in [0.15, 0.2) is 0 Å². The fraction of sp³-hybridized carbons (Fsp3) is 1.00. The van der Waals surface area contributed by atoms with Gasteiger partial charge in [0.1, 0.15) is 0 Å². The van der Waals surface area contributed by atoms with Gasteiger partial charge >= 0.3 is 0 Å². The van der Waals surface area contributed by atoms with Gasteiger partial charge in [-0.15, -0.1) is 0 Å². The van der Waals surface area contributed by atoms with Crippen molar-refractivity contribution in [2.24, 2.45) is 0 Å². The normalized spacial score (nSPS) is 19.5. The molecule has 112 valence electrons. The summed E-state index contributed by atoms with van der Waals surface area (Å²) < 4.78 is 0.806. The standard InChI is InChI=1S/C13H30NO3.H2O/c1-11(15)5-8-14(4,9-6-12(2)16)10-7-13(3)17;/h11-13,15-17H,5-10H2,1-4H3;1H2/q+1;/p-1. The van der Waals surface area contributed by atoms with Crippen LogP contribution in [0.2, 0.25) is 0 Å². The molecule has 3 unspecified atom stereocenters. The molecule has 0 aliphatic heterocycles. The summed E-state index contributed by atoms with van der Waals surface area (Å²) in [6, 6.07) is 0. The van der Waals surface area contributed by atoms with E-state index in [0.717, 1.165) is 43.4 Å². The first-order chi connectivity index (χ1) is 7.75. The first-order valence-electron chi connectivity index (χ1n) is 6.63. The summed E-state index contributed by atoms with van der Waals surface area (Å²) in [5, 5.41) is 28.1. The van der Waals surface area contributed by atoms with Gasteiger partial charge in [-0.25, -0.2) is 0 Å². The molecule has 5 nitrogen and oxygen atoms in total. The van der Waals surface area contributed by atoms with E-state index in [1.165, 1.54) is 0 Å². The number of hydrogen-bond acceptors (Lipinski definition) is 4. The first kappa shape index (κ1) is 20.1. The molecule has 0 aliphatic rings. The van der Waals surface area contributed by atoms with E-state index >= 15 is 0 Å². The van der Waals surface area contributed by atoms with E-state index in [2.05, 4.69) is 7.05 Å². The summed E-state index contributed by atoms with van der Waals surface area (Å²) in [7, 11) is 2.13. The fourth-order valence-corrected chi connectivity index (χ4v) is 1.83. The molecule has 0 rings (SSSR count). The minimum Gasteiger partial charge on any atom is -0.870 e. The van der Waals surface area contributed by atoms with Crippen LogP contribution in [-0.2, 0) is 0 Å². The predicted molar refractivity (Wildman–Crippen MR) is 71.6 cm³/mol. The Balaban J connectivity index is 0. The lowest BCUT2D eigenvalue weighted by atomic mass is 10.1. The molecule has 3 atom stereocenters. The van der Waals surface area contributed by atoms with Crippen LogP contribution in [0, 0.1) is 0 Å². The predicted octanol–water partition coefficient (Wildman–Crippen LogP) is 0.569. The van der Waals surface area contributed by atoms with Crippen molar-refractivity contribution < 1.29 is 25.3 Å². The summed E-state index contributed by atoms with van der Waals surface area (Å²) in [6.45, 7) is 8.06. The molecule has 0 aliphatic carbocycles. The second-order valence-corrected chi connectivity index (χ2v) is 5.70. The van der Waals surface area contributed by atoms with Crippen LogP contribution in [0.5, 0.6) is 0 Å². The molecule has 4 N–H and O–H groups in total. The maximum Gasteiger partial charge on any atom is 0.0809 e. The summed E-state index contributed by atoms with van der Waals surface area (Å²) in [4.78, 5) is 0. The highest BCUT2D eigenvalue weighted by Crippen LogP contribution is 2.11. The maximum absolute atomic E-state index is 9.36. The van der Waals surface area contributed by atoms with Crippen LogP contribution in [0.25, 0.3) is 0 Å². The van der Waals surface area contributed by atoms with E-state index in [1.54, 1.807) is 20.8 Å². The van der Waals surface area contributed by atoms with E-state index < -0.39 is 0 Å². The fourth-order valence-electron chi connectivity index (χ4n) is 1.83. The van der Waals surface area contributed by atoms with Gasteiger partial charge in [0, 0.05) is 19.3 Å². The minimum absolute atomic E-state index is 0. The topological polar surface area (TPSA) is 90.7 Å². The average Bonchev–Trinajstić information content (AvgIpc) is 2.21. The molecule has 0 bridgehead atoms. The highest BCUT2D eigenvalue weighted by atomic mass is 16.3. The number of rotatable bonds is 9. The van der Waals surface area contributed by atoms with Gasteiger partial charge in [-0.3, -0.25) is 0 Å². The van der Waals surface area contributed by atoms with Gasteiger partial charge in [-0.2, -0.15) is 0 Å². The Morgan fingerprint density at radius 2 is 0.944 bits per heavy atom. The van der Waals surface area contributed by atoms with Crippen LogP contribution in [0.15, 0.2) is 0 Å². The molecule has 0 radical (unpaired) electrons. The quantitative estimate of drug-likeness (QED) is 0.532. The van der Waals surface area contributed by atoms with E-state index in [1.807, 2.05) is 0 Å². The van der Waals surface area contributed by atoms with Crippen LogP contribution in [0.3, 0.4) is 0 Å². The van der Waals surface area contributed by atoms with Crippen LogP contribution >= 0.6 is 0 Å². The van der Waals surface area contributed by atoms with Crippen LogP contribution in [0.1, 0.15) is 40.0 Å². The lowest BCUT2D eigenvalue weighted by molar-refractivity contribution is -0.911. The van der Waals surface area contributed by atoms with Gasteiger partial charge in [0.25, 0.3) is 0 Å². The molecule has 0 heterocycles. The van der Waals surface area contributed by atoms with Crippen molar-refractivity contribution in [2.75, 3.05) is 26.7 Å². The molecular formula is C13H31NO4. The number of hydrogen-bond donors (Lipinski definition) is 3. The largest absolute Gasteiger partial charge is 0.870 e. The third-order valence-electron chi connectivity index (χ3n) is 3.26. The third-order valence-corrected chi connectivity index (χ3v) is 3.26. The van der Waals surface area contributed by atoms with Gasteiger partial charge in [-0.05, 0) is 20.8 Å². The molecule has 5 heteroatoms. The summed E-state index contributed by atoms with van der Waals surface area (Å²) in [5.74, 6) is 0. The van der Waals surface area contributed by atoms with Crippen molar-refractivity contribution in [3.05, 3.63) is 0 Å². The minimum atomic E-state index is -0.287. The zero-order valence-corrected chi connectivity index (χ0v) is 12.2. The highest BCUT2D eigenvalue weighted by molar-refractivity contribution is 4.53. The number of nitrogens with zero attached hydrogens (tertiary/aromatic N) is 1. The van der Waals surface area contributed by atoms with Crippen molar-refractivity contribution in [1.82, 2.24) is 0 Å². The highest BCUT2D eigenvalue weighted by Gasteiger charge is 2.23. The van der Waals surface area contributed by atoms with Gasteiger partial charge < -0.3 is 25.3 Å². The number of quaternary nitrogens is 1. The zero-order chi connectivity index (χ0) is 13.5. The van der Waals surface area contributed by atoms with Crippen molar-refractivity contribution in [1.29, 1.82) is 0 Å². The maximum atomic E-state index is 9.36. The van der Waals surface area contributed by atoms with Crippen molar-refractivity contribution in [2.45, 2.75) is 58.3 Å². The molecule has 0 spiro atoms. The Bertz CT molecular complexity index is 164. The monoisotopic (exact) mass is 265 g/mol. The van der Waals surface area contributed by atoms with Gasteiger partial charge in [0.05, 0.1) is 45.0 Å². The average molecular weight is 265 g/mol. The molecule has 18 heavy (non-hydrogen) atoms. The Morgan fingerprint density at radius 1 is 0.722 bits per heavy atom. The summed E-state index contributed by atoms with van der Waals surface area (Å²) in [5.41, 5.74) is 0. The van der Waals surface area contributed by atoms with Gasteiger partial charge in [-0.1, -0.05) is 0 Å². The van der Waals surface area contributed by atoms with E-state index in [0.29, 0.717) is 0 Å². The zero-order valence-electron chi connectivity index (χ0n) is 12.2. The molecule has 0 aromatic heterocycles. The summed E-state index contributed by atoms with van der Waals surface area (Å²) in [6.07, 6.45) is 1.42. The van der Waals surface area contributed by atoms with E-state index in [9.17, 15) is 15.3 Å². The Labute approximate surface area is 111 Å². The lowest BCUT2D eigenvalue weighted by Crippen LogP contribution is -2.48. The SMILES string of the molecule is CC(O)CC[N+](C)(CCC(C)O)CCC(C)O.[OH-].